The van der Waals surface area contributed by atoms with Gasteiger partial charge in [-0.15, -0.1) is 41.2 Å². The Morgan fingerprint density at radius 3 is 2.06 bits per heavy atom. The van der Waals surface area contributed by atoms with Gasteiger partial charge in [0.25, 0.3) is 0 Å². The molecule has 3 aromatic rings. The fraction of sp³-hybridized carbons (Fsp3) is 0.429. The molecule has 0 unspecified atom stereocenters. The van der Waals surface area contributed by atoms with Gasteiger partial charge in [-0.05, 0) is 12.8 Å². The van der Waals surface area contributed by atoms with Crippen molar-refractivity contribution in [3.05, 3.63) is 15.8 Å². The van der Waals surface area contributed by atoms with E-state index >= 15 is 0 Å². The Bertz CT molecular complexity index is 1080. The first kappa shape index (κ1) is 21.6. The Hall–Kier alpha value is -3.64. The summed E-state index contributed by atoms with van der Waals surface area (Å²) >= 11 is 2.67. The van der Waals surface area contributed by atoms with Gasteiger partial charge >= 0.3 is 0 Å². The molecular weight excluding hydrogens is 460 g/mol. The molecule has 0 bridgehead atoms. The summed E-state index contributed by atoms with van der Waals surface area (Å²) in [6.07, 6.45) is 3.32. The van der Waals surface area contributed by atoms with Gasteiger partial charge < -0.3 is 10.6 Å². The summed E-state index contributed by atoms with van der Waals surface area (Å²) in [5.41, 5.74) is 7.76. The maximum Gasteiger partial charge on any atom is 0.234 e. The number of aryl methyl sites for hydroxylation is 2. The number of amides is 2. The van der Waals surface area contributed by atoms with Crippen molar-refractivity contribution in [2.75, 3.05) is 10.6 Å². The van der Waals surface area contributed by atoms with E-state index in [1.807, 2.05) is 0 Å². The van der Waals surface area contributed by atoms with E-state index in [2.05, 4.69) is 73.2 Å². The van der Waals surface area contributed by atoms with E-state index in [-0.39, 0.29) is 24.7 Å². The molecule has 1 aliphatic rings. The highest BCUT2D eigenvalue weighted by Gasteiger charge is 2.14. The molecular formula is C14H18N14O2S2. The predicted molar refractivity (Wildman–Crippen MR) is 113 cm³/mol. The third-order valence-corrected chi connectivity index (χ3v) is 5.74. The molecule has 0 saturated carbocycles. The van der Waals surface area contributed by atoms with Crippen molar-refractivity contribution in [1.82, 2.24) is 57.5 Å². The number of aromatic nitrogens is 8. The summed E-state index contributed by atoms with van der Waals surface area (Å²) in [7, 11) is 0. The predicted octanol–water partition coefficient (Wildman–Crippen LogP) is -1.10. The van der Waals surface area contributed by atoms with Crippen LogP contribution in [0.5, 0.6) is 0 Å². The summed E-state index contributed by atoms with van der Waals surface area (Å²) in [5.74, 6) is 0.273. The maximum atomic E-state index is 11.9. The summed E-state index contributed by atoms with van der Waals surface area (Å²) in [6, 6.07) is 0. The fourth-order valence-corrected chi connectivity index (χ4v) is 4.15. The van der Waals surface area contributed by atoms with Crippen molar-refractivity contribution >= 4 is 50.6 Å². The third-order valence-electron chi connectivity index (χ3n) is 3.95. The molecule has 6 N–H and O–H groups in total. The number of nitrogens with zero attached hydrogens (tertiary/aromatic N) is 8. The lowest BCUT2D eigenvalue weighted by atomic mass is 10.2. The van der Waals surface area contributed by atoms with Crippen molar-refractivity contribution in [2.24, 2.45) is 5.10 Å². The minimum atomic E-state index is -0.283. The molecule has 1 aliphatic heterocycles. The Labute approximate surface area is 188 Å². The van der Waals surface area contributed by atoms with Crippen LogP contribution >= 0.6 is 22.7 Å². The van der Waals surface area contributed by atoms with Crippen LogP contribution in [0.15, 0.2) is 5.10 Å². The number of aromatic amines is 1. The van der Waals surface area contributed by atoms with E-state index in [9.17, 15) is 9.59 Å². The number of unbranched alkanes of at least 4 members (excludes halogenated alkanes) is 1. The summed E-state index contributed by atoms with van der Waals surface area (Å²) in [5, 5.41) is 41.1. The summed E-state index contributed by atoms with van der Waals surface area (Å²) in [6.45, 7) is 0. The number of amidine groups is 1. The number of carbonyl (C=O) groups excluding carboxylic acids is 2. The second-order valence-electron chi connectivity index (χ2n) is 6.41. The molecule has 4 heterocycles. The van der Waals surface area contributed by atoms with Crippen molar-refractivity contribution in [1.29, 1.82) is 0 Å². The van der Waals surface area contributed by atoms with Crippen LogP contribution in [0.2, 0.25) is 0 Å². The Morgan fingerprint density at radius 1 is 0.844 bits per heavy atom. The average molecular weight is 479 g/mol. The highest BCUT2D eigenvalue weighted by atomic mass is 32.1. The van der Waals surface area contributed by atoms with Gasteiger partial charge in [0.2, 0.25) is 22.1 Å². The molecule has 18 heteroatoms. The minimum absolute atomic E-state index is 0.00968. The van der Waals surface area contributed by atoms with Crippen LogP contribution in [0.1, 0.15) is 35.1 Å². The fourth-order valence-electron chi connectivity index (χ4n) is 2.55. The zero-order chi connectivity index (χ0) is 22.2. The number of hydrazone groups is 1. The first-order valence-electron chi connectivity index (χ1n) is 9.43. The van der Waals surface area contributed by atoms with Gasteiger partial charge in [0, 0.05) is 12.8 Å². The highest BCUT2D eigenvalue weighted by Crippen LogP contribution is 2.20. The van der Waals surface area contributed by atoms with Gasteiger partial charge in [-0.2, -0.15) is 5.21 Å². The van der Waals surface area contributed by atoms with Crippen LogP contribution in [0.25, 0.3) is 0 Å². The number of tetrazole rings is 1. The zero-order valence-electron chi connectivity index (χ0n) is 16.5. The number of anilines is 2. The van der Waals surface area contributed by atoms with Gasteiger partial charge in [-0.3, -0.25) is 15.0 Å². The van der Waals surface area contributed by atoms with Crippen LogP contribution in [-0.2, 0) is 28.9 Å². The number of carbonyl (C=O) groups is 2. The van der Waals surface area contributed by atoms with Gasteiger partial charge in [0.05, 0.1) is 12.8 Å². The number of hydrogen-bond acceptors (Lipinski definition) is 15. The van der Waals surface area contributed by atoms with Crippen LogP contribution in [0.4, 0.5) is 10.3 Å². The van der Waals surface area contributed by atoms with E-state index in [0.717, 1.165) is 35.7 Å². The standard InChI is InChI=1S/C14H18N14O2S2/c29-9(5-7-17-25-26-18-7)15-13-23-21-11(31-13)3-1-2-4-12-22-24-14(32-12)16-10(30)6-8-19-27-28-20-8/h25-26H,1-6H2,(H,17,18)(H,15,23,29)(H,16,24,30)(H,19,20,27,28). The molecule has 168 valence electrons. The smallest absolute Gasteiger partial charge is 0.234 e. The normalized spacial score (nSPS) is 12.7. The molecule has 2 amide bonds. The number of hydrazine groups is 2. The Balaban J connectivity index is 1.14. The second kappa shape index (κ2) is 10.6. The minimum Gasteiger partial charge on any atom is -0.300 e. The van der Waals surface area contributed by atoms with Gasteiger partial charge in [0.15, 0.2) is 5.82 Å². The summed E-state index contributed by atoms with van der Waals surface area (Å²) < 4.78 is 0. The van der Waals surface area contributed by atoms with Crippen LogP contribution in [0.3, 0.4) is 0 Å². The summed E-state index contributed by atoms with van der Waals surface area (Å²) in [4.78, 5) is 23.9. The number of rotatable bonds is 11. The van der Waals surface area contributed by atoms with E-state index < -0.39 is 0 Å². The molecule has 32 heavy (non-hydrogen) atoms. The van der Waals surface area contributed by atoms with Crippen molar-refractivity contribution in [2.45, 2.75) is 38.5 Å². The van der Waals surface area contributed by atoms with E-state index in [1.54, 1.807) is 0 Å². The Morgan fingerprint density at radius 2 is 1.50 bits per heavy atom. The molecule has 0 radical (unpaired) electrons. The second-order valence-corrected chi connectivity index (χ2v) is 8.53. The van der Waals surface area contributed by atoms with Gasteiger partial charge in [-0.25, -0.2) is 5.53 Å². The molecule has 16 nitrogen and oxygen atoms in total. The molecule has 3 aromatic heterocycles. The van der Waals surface area contributed by atoms with Crippen molar-refractivity contribution < 1.29 is 9.59 Å². The maximum absolute atomic E-state index is 11.9. The monoisotopic (exact) mass is 478 g/mol. The zero-order valence-corrected chi connectivity index (χ0v) is 18.1. The molecule has 0 aromatic carbocycles. The largest absolute Gasteiger partial charge is 0.300 e. The van der Waals surface area contributed by atoms with Crippen LogP contribution < -0.4 is 27.1 Å². The lowest BCUT2D eigenvalue weighted by Gasteiger charge is -2.00. The lowest BCUT2D eigenvalue weighted by molar-refractivity contribution is -0.116. The number of H-pyrrole nitrogens is 1. The van der Waals surface area contributed by atoms with E-state index in [0.29, 0.717) is 21.9 Å². The van der Waals surface area contributed by atoms with Crippen molar-refractivity contribution in [3.63, 3.8) is 0 Å². The number of hydrogen-bond donors (Lipinski definition) is 6. The first-order chi connectivity index (χ1) is 15.6. The molecule has 0 atom stereocenters. The Kier molecular flexibility index (Phi) is 7.15. The van der Waals surface area contributed by atoms with Crippen molar-refractivity contribution in [3.8, 4) is 0 Å². The molecule has 0 fully saturated rings. The van der Waals surface area contributed by atoms with E-state index in [4.69, 9.17) is 0 Å². The highest BCUT2D eigenvalue weighted by molar-refractivity contribution is 7.15. The quantitative estimate of drug-likeness (QED) is 0.181. The molecule has 0 aliphatic carbocycles. The first-order valence-corrected chi connectivity index (χ1v) is 11.1. The van der Waals surface area contributed by atoms with E-state index in [1.165, 1.54) is 22.7 Å². The molecule has 0 spiro atoms. The van der Waals surface area contributed by atoms with Crippen LogP contribution in [-0.4, -0.2) is 58.7 Å². The SMILES string of the molecule is O=C(CC1=NNNN1)Nc1nnc(CCCCc2nnc(NC(=O)Cc3nn[nH]n3)s2)s1. The average Bonchev–Trinajstić information content (AvgIpc) is 3.55. The lowest BCUT2D eigenvalue weighted by Crippen LogP contribution is -2.36. The van der Waals surface area contributed by atoms with Gasteiger partial charge in [0.1, 0.15) is 15.9 Å². The molecule has 4 rings (SSSR count). The number of nitrogens with one attached hydrogen (secondary N) is 6. The van der Waals surface area contributed by atoms with Crippen LogP contribution in [0, 0.1) is 0 Å². The topological polar surface area (TPSA) is 213 Å². The molecule has 0 saturated heterocycles. The van der Waals surface area contributed by atoms with Gasteiger partial charge in [-0.1, -0.05) is 27.9 Å². The third kappa shape index (κ3) is 6.43.